The van der Waals surface area contributed by atoms with E-state index in [-0.39, 0.29) is 0 Å². The molecule has 2 aromatic heterocycles. The number of hydrogen-bond acceptors (Lipinski definition) is 3. The van der Waals surface area contributed by atoms with Gasteiger partial charge in [0.05, 0.1) is 5.52 Å². The molecule has 0 aliphatic carbocycles. The second-order valence-electron chi connectivity index (χ2n) is 5.02. The van der Waals surface area contributed by atoms with Crippen molar-refractivity contribution < 1.29 is 9.90 Å². The minimum Gasteiger partial charge on any atom is -0.477 e. The Hall–Kier alpha value is -2.72. The fraction of sp³-hybridized carbons (Fsp3) is 0. The van der Waals surface area contributed by atoms with E-state index in [1.807, 2.05) is 48.5 Å². The molecule has 0 radical (unpaired) electrons. The molecule has 106 valence electrons. The van der Waals surface area contributed by atoms with Crippen LogP contribution in [0.5, 0.6) is 0 Å². The molecule has 0 bridgehead atoms. The van der Waals surface area contributed by atoms with Crippen molar-refractivity contribution in [3.8, 4) is 11.1 Å². The summed E-state index contributed by atoms with van der Waals surface area (Å²) in [5.74, 6) is -0.886. The maximum Gasteiger partial charge on any atom is 0.345 e. The molecule has 0 aliphatic heterocycles. The zero-order valence-electron chi connectivity index (χ0n) is 11.5. The highest BCUT2D eigenvalue weighted by atomic mass is 32.1. The molecule has 2 heterocycles. The van der Waals surface area contributed by atoms with E-state index < -0.39 is 5.97 Å². The van der Waals surface area contributed by atoms with Gasteiger partial charge in [-0.25, -0.2) is 4.79 Å². The summed E-state index contributed by atoms with van der Waals surface area (Å²) in [7, 11) is 0. The van der Waals surface area contributed by atoms with Crippen LogP contribution in [0.15, 0.2) is 60.8 Å². The van der Waals surface area contributed by atoms with Crippen molar-refractivity contribution in [3.63, 3.8) is 0 Å². The number of aromatic carboxylic acids is 1. The Morgan fingerprint density at radius 1 is 0.955 bits per heavy atom. The Kier molecular flexibility index (Phi) is 2.91. The third-order valence-electron chi connectivity index (χ3n) is 3.68. The van der Waals surface area contributed by atoms with Gasteiger partial charge in [-0.15, -0.1) is 11.3 Å². The van der Waals surface area contributed by atoms with E-state index in [0.29, 0.717) is 4.88 Å². The Balaban J connectivity index is 2.06. The van der Waals surface area contributed by atoms with E-state index in [1.165, 1.54) is 11.3 Å². The van der Waals surface area contributed by atoms with E-state index in [9.17, 15) is 9.90 Å². The predicted octanol–water partition coefficient (Wildman–Crippen LogP) is 4.81. The van der Waals surface area contributed by atoms with Crippen LogP contribution in [-0.2, 0) is 0 Å². The zero-order chi connectivity index (χ0) is 15.1. The topological polar surface area (TPSA) is 50.2 Å². The van der Waals surface area contributed by atoms with Crippen molar-refractivity contribution in [2.24, 2.45) is 0 Å². The standard InChI is InChI=1S/C18H11NO2S/c20-18(21)15-10-12-5-2-8-14(17(12)22-15)13-7-1-4-11-6-3-9-19-16(11)13/h1-10H,(H,20,21). The summed E-state index contributed by atoms with van der Waals surface area (Å²) in [5.41, 5.74) is 2.99. The number of benzene rings is 2. The average molecular weight is 305 g/mol. The lowest BCUT2D eigenvalue weighted by atomic mass is 10.0. The number of para-hydroxylation sites is 1. The molecule has 0 fully saturated rings. The summed E-state index contributed by atoms with van der Waals surface area (Å²) in [6.45, 7) is 0. The minimum atomic E-state index is -0.886. The molecule has 4 heteroatoms. The van der Waals surface area contributed by atoms with Crippen molar-refractivity contribution in [1.82, 2.24) is 4.98 Å². The first-order valence-corrected chi connectivity index (χ1v) is 7.66. The number of carboxylic acids is 1. The van der Waals surface area contributed by atoms with Crippen LogP contribution in [0.25, 0.3) is 32.1 Å². The molecule has 4 rings (SSSR count). The van der Waals surface area contributed by atoms with Crippen LogP contribution in [0, 0.1) is 0 Å². The van der Waals surface area contributed by atoms with E-state index in [4.69, 9.17) is 0 Å². The van der Waals surface area contributed by atoms with Crippen LogP contribution in [0.3, 0.4) is 0 Å². The molecule has 0 amide bonds. The number of thiophene rings is 1. The number of rotatable bonds is 2. The minimum absolute atomic E-state index is 0.357. The van der Waals surface area contributed by atoms with Gasteiger partial charge in [-0.1, -0.05) is 42.5 Å². The van der Waals surface area contributed by atoms with Gasteiger partial charge in [-0.2, -0.15) is 0 Å². The van der Waals surface area contributed by atoms with Crippen molar-refractivity contribution in [2.75, 3.05) is 0 Å². The molecule has 2 aromatic carbocycles. The predicted molar refractivity (Wildman–Crippen MR) is 89.5 cm³/mol. The Morgan fingerprint density at radius 2 is 1.68 bits per heavy atom. The van der Waals surface area contributed by atoms with Gasteiger partial charge < -0.3 is 5.11 Å². The lowest BCUT2D eigenvalue weighted by Crippen LogP contribution is -1.89. The van der Waals surface area contributed by atoms with E-state index >= 15 is 0 Å². The van der Waals surface area contributed by atoms with Gasteiger partial charge in [0, 0.05) is 27.4 Å². The van der Waals surface area contributed by atoms with E-state index in [1.54, 1.807) is 12.3 Å². The Labute approximate surface area is 130 Å². The van der Waals surface area contributed by atoms with Crippen LogP contribution in [-0.4, -0.2) is 16.1 Å². The summed E-state index contributed by atoms with van der Waals surface area (Å²) >= 11 is 1.31. The molecule has 1 N–H and O–H groups in total. The van der Waals surface area contributed by atoms with E-state index in [0.717, 1.165) is 32.1 Å². The summed E-state index contributed by atoms with van der Waals surface area (Å²) in [6, 6.07) is 17.7. The number of pyridine rings is 1. The fourth-order valence-electron chi connectivity index (χ4n) is 2.70. The Bertz CT molecular complexity index is 1010. The highest BCUT2D eigenvalue weighted by Gasteiger charge is 2.13. The first kappa shape index (κ1) is 13.0. The number of nitrogens with zero attached hydrogens (tertiary/aromatic N) is 1. The molecule has 0 unspecified atom stereocenters. The molecule has 0 aliphatic rings. The summed E-state index contributed by atoms with van der Waals surface area (Å²) in [6.07, 6.45) is 1.78. The maximum absolute atomic E-state index is 11.2. The van der Waals surface area contributed by atoms with Gasteiger partial charge >= 0.3 is 5.97 Å². The van der Waals surface area contributed by atoms with Gasteiger partial charge in [0.2, 0.25) is 0 Å². The molecule has 0 saturated heterocycles. The van der Waals surface area contributed by atoms with E-state index in [2.05, 4.69) is 4.98 Å². The molecule has 0 atom stereocenters. The molecule has 0 spiro atoms. The molecule has 22 heavy (non-hydrogen) atoms. The van der Waals surface area contributed by atoms with Crippen molar-refractivity contribution in [2.45, 2.75) is 0 Å². The molecular weight excluding hydrogens is 294 g/mol. The Morgan fingerprint density at radius 3 is 2.50 bits per heavy atom. The molecular formula is C18H11NO2S. The van der Waals surface area contributed by atoms with Crippen LogP contribution < -0.4 is 0 Å². The molecule has 3 nitrogen and oxygen atoms in total. The average Bonchev–Trinajstić information content (AvgIpc) is 2.99. The van der Waals surface area contributed by atoms with Gasteiger partial charge in [0.25, 0.3) is 0 Å². The summed E-state index contributed by atoms with van der Waals surface area (Å²) in [4.78, 5) is 16.1. The highest BCUT2D eigenvalue weighted by molar-refractivity contribution is 7.21. The van der Waals surface area contributed by atoms with Crippen LogP contribution in [0.2, 0.25) is 0 Å². The maximum atomic E-state index is 11.2. The van der Waals surface area contributed by atoms with Crippen LogP contribution >= 0.6 is 11.3 Å². The normalized spacial score (nSPS) is 11.1. The summed E-state index contributed by atoms with van der Waals surface area (Å²) in [5, 5.41) is 11.2. The number of aromatic nitrogens is 1. The third-order valence-corrected chi connectivity index (χ3v) is 4.85. The van der Waals surface area contributed by atoms with Crippen LogP contribution in [0.4, 0.5) is 0 Å². The second kappa shape index (κ2) is 4.93. The monoisotopic (exact) mass is 305 g/mol. The van der Waals surface area contributed by atoms with Gasteiger partial charge in [0.15, 0.2) is 0 Å². The molecule has 4 aromatic rings. The highest BCUT2D eigenvalue weighted by Crippen LogP contribution is 2.37. The van der Waals surface area contributed by atoms with Gasteiger partial charge in [0.1, 0.15) is 4.88 Å². The van der Waals surface area contributed by atoms with Crippen molar-refractivity contribution in [1.29, 1.82) is 0 Å². The lowest BCUT2D eigenvalue weighted by molar-refractivity contribution is 0.0702. The number of hydrogen-bond donors (Lipinski definition) is 1. The molecule has 0 saturated carbocycles. The third kappa shape index (κ3) is 1.96. The van der Waals surface area contributed by atoms with Gasteiger partial charge in [-0.3, -0.25) is 4.98 Å². The van der Waals surface area contributed by atoms with Crippen molar-refractivity contribution in [3.05, 3.63) is 65.7 Å². The largest absolute Gasteiger partial charge is 0.477 e. The SMILES string of the molecule is O=C(O)c1cc2cccc(-c3cccc4cccnc34)c2s1. The smallest absolute Gasteiger partial charge is 0.345 e. The summed E-state index contributed by atoms with van der Waals surface area (Å²) < 4.78 is 0.984. The van der Waals surface area contributed by atoms with Gasteiger partial charge in [-0.05, 0) is 17.5 Å². The number of fused-ring (bicyclic) bond motifs is 2. The lowest BCUT2D eigenvalue weighted by Gasteiger charge is -2.07. The van der Waals surface area contributed by atoms with Crippen molar-refractivity contribution >= 4 is 38.3 Å². The van der Waals surface area contributed by atoms with Crippen LogP contribution in [0.1, 0.15) is 9.67 Å². The number of carbonyl (C=O) groups is 1. The zero-order valence-corrected chi connectivity index (χ0v) is 12.3. The second-order valence-corrected chi connectivity index (χ2v) is 6.07. The quantitative estimate of drug-likeness (QED) is 0.578. The number of carboxylic acid groups (broad SMARTS) is 1. The fourth-order valence-corrected chi connectivity index (χ4v) is 3.73. The first-order valence-electron chi connectivity index (χ1n) is 6.84. The first-order chi connectivity index (χ1) is 10.7.